The van der Waals surface area contributed by atoms with Crippen LogP contribution in [0.1, 0.15) is 6.42 Å². The molecule has 0 bridgehead atoms. The van der Waals surface area contributed by atoms with Crippen molar-refractivity contribution in [1.29, 1.82) is 0 Å². The molecule has 1 fully saturated rings. The largest absolute Gasteiger partial charge is 0.464 e. The lowest BCUT2D eigenvalue weighted by atomic mass is 10.3. The number of ether oxygens (including phenoxy) is 1. The molecule has 1 aliphatic rings. The molecule has 0 spiro atoms. The van der Waals surface area contributed by atoms with Gasteiger partial charge < -0.3 is 4.74 Å². The summed E-state index contributed by atoms with van der Waals surface area (Å²) in [4.78, 5) is 9.83. The second kappa shape index (κ2) is 4.06. The van der Waals surface area contributed by atoms with Crippen molar-refractivity contribution < 1.29 is 9.53 Å². The molecule has 0 amide bonds. The average Bonchev–Trinajstić information content (AvgIpc) is 1.91. The van der Waals surface area contributed by atoms with Gasteiger partial charge in [0.15, 0.2) is 0 Å². The standard InChI is InChI=1S/C5H8O2S2/c6-4-7-5-1-2-8-9-3-5/h4-5H,1-3H2. The van der Waals surface area contributed by atoms with Crippen LogP contribution in [0.25, 0.3) is 0 Å². The summed E-state index contributed by atoms with van der Waals surface area (Å²) in [5.41, 5.74) is 0. The molecular weight excluding hydrogens is 156 g/mol. The van der Waals surface area contributed by atoms with Gasteiger partial charge in [0.2, 0.25) is 0 Å². The van der Waals surface area contributed by atoms with Crippen molar-refractivity contribution in [2.45, 2.75) is 12.5 Å². The van der Waals surface area contributed by atoms with Crippen LogP contribution in [0.15, 0.2) is 0 Å². The molecule has 9 heavy (non-hydrogen) atoms. The minimum atomic E-state index is 0.175. The Balaban J connectivity index is 2.15. The highest BCUT2D eigenvalue weighted by Gasteiger charge is 2.13. The van der Waals surface area contributed by atoms with Gasteiger partial charge in [-0.15, -0.1) is 0 Å². The Morgan fingerprint density at radius 3 is 3.00 bits per heavy atom. The quantitative estimate of drug-likeness (QED) is 0.454. The summed E-state index contributed by atoms with van der Waals surface area (Å²) in [5.74, 6) is 2.05. The minimum Gasteiger partial charge on any atom is -0.464 e. The molecule has 1 unspecified atom stereocenters. The Hall–Kier alpha value is 0.170. The van der Waals surface area contributed by atoms with Crippen LogP contribution in [0, 0.1) is 0 Å². The van der Waals surface area contributed by atoms with Gasteiger partial charge in [0, 0.05) is 11.5 Å². The van der Waals surface area contributed by atoms with Gasteiger partial charge in [-0.25, -0.2) is 0 Å². The maximum absolute atomic E-state index is 9.83. The van der Waals surface area contributed by atoms with Crippen LogP contribution in [0.4, 0.5) is 0 Å². The normalized spacial score (nSPS) is 27.3. The zero-order valence-electron chi connectivity index (χ0n) is 4.91. The van der Waals surface area contributed by atoms with Crippen molar-refractivity contribution in [1.82, 2.24) is 0 Å². The molecule has 0 N–H and O–H groups in total. The Labute approximate surface area is 62.1 Å². The van der Waals surface area contributed by atoms with Crippen LogP contribution in [0.5, 0.6) is 0 Å². The minimum absolute atomic E-state index is 0.175. The van der Waals surface area contributed by atoms with Crippen molar-refractivity contribution in [2.24, 2.45) is 0 Å². The fourth-order valence-electron chi connectivity index (χ4n) is 0.632. The predicted octanol–water partition coefficient (Wildman–Crippen LogP) is 1.31. The summed E-state index contributed by atoms with van der Waals surface area (Å²) in [6.45, 7) is 0.543. The molecule has 1 rings (SSSR count). The molecule has 1 heterocycles. The summed E-state index contributed by atoms with van der Waals surface area (Å²) < 4.78 is 4.77. The van der Waals surface area contributed by atoms with Gasteiger partial charge in [-0.2, -0.15) is 0 Å². The molecule has 2 nitrogen and oxygen atoms in total. The Bertz CT molecular complexity index is 91.0. The zero-order chi connectivity index (χ0) is 6.53. The van der Waals surface area contributed by atoms with Crippen LogP contribution >= 0.6 is 21.6 Å². The van der Waals surface area contributed by atoms with E-state index in [4.69, 9.17) is 4.74 Å². The highest BCUT2D eigenvalue weighted by molar-refractivity contribution is 8.76. The molecule has 4 heteroatoms. The summed E-state index contributed by atoms with van der Waals surface area (Å²) in [5, 5.41) is 0. The number of carbonyl (C=O) groups is 1. The van der Waals surface area contributed by atoms with Crippen molar-refractivity contribution in [3.8, 4) is 0 Å². The molecule has 0 aromatic rings. The molecule has 1 aliphatic heterocycles. The Morgan fingerprint density at radius 1 is 1.56 bits per heavy atom. The lowest BCUT2D eigenvalue weighted by Gasteiger charge is -2.17. The van der Waals surface area contributed by atoms with Gasteiger partial charge in [-0.3, -0.25) is 4.79 Å². The maximum Gasteiger partial charge on any atom is 0.293 e. The fraction of sp³-hybridized carbons (Fsp3) is 0.800. The first-order valence-corrected chi connectivity index (χ1v) is 5.26. The van der Waals surface area contributed by atoms with E-state index in [0.29, 0.717) is 6.47 Å². The van der Waals surface area contributed by atoms with Crippen LogP contribution in [0.2, 0.25) is 0 Å². The molecule has 0 radical (unpaired) electrons. The molecule has 0 aromatic heterocycles. The van der Waals surface area contributed by atoms with Crippen molar-refractivity contribution in [3.05, 3.63) is 0 Å². The summed E-state index contributed by atoms with van der Waals surface area (Å²) in [7, 11) is 3.62. The second-order valence-corrected chi connectivity index (χ2v) is 4.38. The van der Waals surface area contributed by atoms with E-state index in [1.165, 1.54) is 0 Å². The molecule has 0 aromatic carbocycles. The van der Waals surface area contributed by atoms with Crippen molar-refractivity contribution >= 4 is 28.1 Å². The molecule has 0 saturated carbocycles. The smallest absolute Gasteiger partial charge is 0.293 e. The monoisotopic (exact) mass is 164 g/mol. The van der Waals surface area contributed by atoms with Crippen LogP contribution in [0.3, 0.4) is 0 Å². The van der Waals surface area contributed by atoms with E-state index in [0.717, 1.165) is 17.9 Å². The van der Waals surface area contributed by atoms with Gasteiger partial charge in [-0.05, 0) is 6.42 Å². The lowest BCUT2D eigenvalue weighted by molar-refractivity contribution is -0.132. The van der Waals surface area contributed by atoms with E-state index in [1.54, 1.807) is 10.8 Å². The van der Waals surface area contributed by atoms with Gasteiger partial charge in [-0.1, -0.05) is 21.6 Å². The number of rotatable bonds is 2. The zero-order valence-corrected chi connectivity index (χ0v) is 6.54. The number of hydrogen-bond acceptors (Lipinski definition) is 4. The highest BCUT2D eigenvalue weighted by Crippen LogP contribution is 2.30. The first-order valence-electron chi connectivity index (χ1n) is 2.77. The summed E-state index contributed by atoms with van der Waals surface area (Å²) >= 11 is 0. The molecule has 1 atom stereocenters. The maximum atomic E-state index is 9.83. The van der Waals surface area contributed by atoms with E-state index < -0.39 is 0 Å². The van der Waals surface area contributed by atoms with Gasteiger partial charge in [0.25, 0.3) is 6.47 Å². The Morgan fingerprint density at radius 2 is 2.44 bits per heavy atom. The van der Waals surface area contributed by atoms with Crippen LogP contribution in [-0.4, -0.2) is 24.1 Å². The average molecular weight is 164 g/mol. The third-order valence-electron chi connectivity index (χ3n) is 1.11. The molecular formula is C5H8O2S2. The molecule has 1 saturated heterocycles. The first-order chi connectivity index (χ1) is 4.43. The van der Waals surface area contributed by atoms with Crippen LogP contribution < -0.4 is 0 Å². The van der Waals surface area contributed by atoms with E-state index in [9.17, 15) is 4.79 Å². The summed E-state index contributed by atoms with van der Waals surface area (Å²) in [6.07, 6.45) is 1.19. The van der Waals surface area contributed by atoms with E-state index in [-0.39, 0.29) is 6.10 Å². The summed E-state index contributed by atoms with van der Waals surface area (Å²) in [6, 6.07) is 0. The highest BCUT2D eigenvalue weighted by atomic mass is 33.1. The van der Waals surface area contributed by atoms with Gasteiger partial charge in [0.05, 0.1) is 0 Å². The third kappa shape index (κ3) is 2.49. The van der Waals surface area contributed by atoms with E-state index in [1.807, 2.05) is 10.8 Å². The topological polar surface area (TPSA) is 26.3 Å². The SMILES string of the molecule is O=COC1CCSSC1. The molecule has 52 valence electrons. The van der Waals surface area contributed by atoms with E-state index >= 15 is 0 Å². The van der Waals surface area contributed by atoms with Crippen molar-refractivity contribution in [3.63, 3.8) is 0 Å². The fourth-order valence-corrected chi connectivity index (χ4v) is 2.99. The van der Waals surface area contributed by atoms with Crippen molar-refractivity contribution in [2.75, 3.05) is 11.5 Å². The first kappa shape index (κ1) is 7.28. The number of hydrogen-bond donors (Lipinski definition) is 0. The van der Waals surface area contributed by atoms with E-state index in [2.05, 4.69) is 0 Å². The predicted molar refractivity (Wildman–Crippen MR) is 40.5 cm³/mol. The van der Waals surface area contributed by atoms with Gasteiger partial charge in [0.1, 0.15) is 6.10 Å². The molecule has 0 aliphatic carbocycles. The Kier molecular flexibility index (Phi) is 3.28. The van der Waals surface area contributed by atoms with Gasteiger partial charge >= 0.3 is 0 Å². The number of carbonyl (C=O) groups excluding carboxylic acids is 1. The third-order valence-corrected chi connectivity index (χ3v) is 3.59. The lowest BCUT2D eigenvalue weighted by Crippen LogP contribution is -2.18. The van der Waals surface area contributed by atoms with Crippen LogP contribution in [-0.2, 0) is 9.53 Å². The second-order valence-electron chi connectivity index (χ2n) is 1.75.